The summed E-state index contributed by atoms with van der Waals surface area (Å²) in [6, 6.07) is 9.54. The molecule has 96 valence electrons. The van der Waals surface area contributed by atoms with E-state index in [4.69, 9.17) is 0 Å². The topological polar surface area (TPSA) is 15.3 Å². The van der Waals surface area contributed by atoms with E-state index in [-0.39, 0.29) is 0 Å². The number of hydrogen-bond donors (Lipinski definition) is 1. The van der Waals surface area contributed by atoms with Crippen molar-refractivity contribution in [3.63, 3.8) is 0 Å². The molecule has 2 aliphatic heterocycles. The number of nitrogens with one attached hydrogen (secondary N) is 1. The first kappa shape index (κ1) is 11.8. The first-order chi connectivity index (χ1) is 8.75. The summed E-state index contributed by atoms with van der Waals surface area (Å²) in [5.74, 6) is 0. The predicted molar refractivity (Wildman–Crippen MR) is 77.1 cm³/mol. The van der Waals surface area contributed by atoms with E-state index in [0.29, 0.717) is 6.04 Å². The Labute approximate surface area is 110 Å². The first-order valence-electron chi connectivity index (χ1n) is 6.98. The number of rotatable bonds is 2. The third-order valence-corrected chi connectivity index (χ3v) is 4.35. The van der Waals surface area contributed by atoms with E-state index in [2.05, 4.69) is 48.3 Å². The van der Waals surface area contributed by atoms with Gasteiger partial charge < -0.3 is 10.2 Å². The van der Waals surface area contributed by atoms with Crippen LogP contribution in [0.3, 0.4) is 0 Å². The molecule has 1 N–H and O–H groups in total. The summed E-state index contributed by atoms with van der Waals surface area (Å²) in [5.41, 5.74) is 6.12. The molecule has 1 unspecified atom stereocenters. The van der Waals surface area contributed by atoms with E-state index in [1.165, 1.54) is 24.1 Å². The molecule has 1 aromatic carbocycles. The van der Waals surface area contributed by atoms with Gasteiger partial charge in [-0.1, -0.05) is 23.8 Å². The number of para-hydroxylation sites is 1. The van der Waals surface area contributed by atoms with Gasteiger partial charge in [-0.05, 0) is 43.9 Å². The molecule has 0 aliphatic carbocycles. The molecule has 18 heavy (non-hydrogen) atoms. The van der Waals surface area contributed by atoms with E-state index < -0.39 is 0 Å². The van der Waals surface area contributed by atoms with Crippen molar-refractivity contribution in [1.82, 2.24) is 5.32 Å². The third kappa shape index (κ3) is 2.05. The molecule has 1 fully saturated rings. The molecule has 2 heteroatoms. The number of fused-ring (bicyclic) bond motifs is 1. The maximum Gasteiger partial charge on any atom is 0.0404 e. The van der Waals surface area contributed by atoms with Crippen LogP contribution in [0.1, 0.15) is 25.8 Å². The second-order valence-electron chi connectivity index (χ2n) is 5.63. The average molecular weight is 242 g/mol. The zero-order chi connectivity index (χ0) is 12.5. The Bertz CT molecular complexity index is 470. The Balaban J connectivity index is 1.86. The van der Waals surface area contributed by atoms with E-state index in [1.807, 2.05) is 0 Å². The highest BCUT2D eigenvalue weighted by Gasteiger charge is 2.23. The van der Waals surface area contributed by atoms with Crippen molar-refractivity contribution in [2.75, 3.05) is 24.5 Å². The van der Waals surface area contributed by atoms with Crippen LogP contribution in [0.15, 0.2) is 35.4 Å². The standard InChI is InChI=1S/C16H22N2/c1-12(15-9-17-10-15)11-18-13(2)7-8-14-5-3-4-6-16(14)18/h3-6,13,17H,7-11H2,1-2H3. The minimum atomic E-state index is 0.656. The van der Waals surface area contributed by atoms with E-state index in [9.17, 15) is 0 Å². The van der Waals surface area contributed by atoms with Crippen molar-refractivity contribution in [2.45, 2.75) is 32.7 Å². The molecule has 2 aliphatic rings. The highest BCUT2D eigenvalue weighted by molar-refractivity contribution is 5.57. The van der Waals surface area contributed by atoms with Gasteiger partial charge in [0.25, 0.3) is 0 Å². The van der Waals surface area contributed by atoms with Gasteiger partial charge in [-0.15, -0.1) is 0 Å². The number of benzene rings is 1. The molecule has 0 spiro atoms. The quantitative estimate of drug-likeness (QED) is 0.802. The molecular weight excluding hydrogens is 220 g/mol. The Morgan fingerprint density at radius 2 is 2.11 bits per heavy atom. The van der Waals surface area contributed by atoms with Crippen molar-refractivity contribution in [3.8, 4) is 0 Å². The molecule has 1 saturated heterocycles. The molecule has 0 aromatic heterocycles. The van der Waals surface area contributed by atoms with Gasteiger partial charge in [0, 0.05) is 31.4 Å². The lowest BCUT2D eigenvalue weighted by Crippen LogP contribution is -2.41. The summed E-state index contributed by atoms with van der Waals surface area (Å²) in [6.45, 7) is 7.92. The first-order valence-corrected chi connectivity index (χ1v) is 6.98. The number of aryl methyl sites for hydroxylation is 1. The maximum absolute atomic E-state index is 3.33. The molecule has 0 saturated carbocycles. The normalized spacial score (nSPS) is 22.4. The Hall–Kier alpha value is -1.28. The number of hydrogen-bond acceptors (Lipinski definition) is 2. The van der Waals surface area contributed by atoms with Crippen LogP contribution < -0.4 is 10.2 Å². The van der Waals surface area contributed by atoms with Crippen molar-refractivity contribution in [2.24, 2.45) is 0 Å². The minimum absolute atomic E-state index is 0.656. The summed E-state index contributed by atoms with van der Waals surface area (Å²) in [4.78, 5) is 2.58. The van der Waals surface area contributed by atoms with Crippen LogP contribution in [-0.2, 0) is 6.42 Å². The Morgan fingerprint density at radius 3 is 2.83 bits per heavy atom. The van der Waals surface area contributed by atoms with Gasteiger partial charge >= 0.3 is 0 Å². The van der Waals surface area contributed by atoms with Gasteiger partial charge in [0.15, 0.2) is 0 Å². The molecule has 1 aromatic rings. The maximum atomic E-state index is 3.33. The van der Waals surface area contributed by atoms with Crippen LogP contribution in [0.25, 0.3) is 0 Å². The lowest BCUT2D eigenvalue weighted by atomic mass is 9.95. The highest BCUT2D eigenvalue weighted by Crippen LogP contribution is 2.31. The van der Waals surface area contributed by atoms with Crippen molar-refractivity contribution >= 4 is 5.69 Å². The Kier molecular flexibility index (Phi) is 3.13. The molecule has 0 radical (unpaired) electrons. The lowest BCUT2D eigenvalue weighted by molar-refractivity contribution is 0.570. The zero-order valence-electron chi connectivity index (χ0n) is 11.4. The number of anilines is 1. The van der Waals surface area contributed by atoms with Gasteiger partial charge in [0.05, 0.1) is 0 Å². The fraction of sp³-hybridized carbons (Fsp3) is 0.500. The van der Waals surface area contributed by atoms with E-state index in [0.717, 1.165) is 19.6 Å². The Morgan fingerprint density at radius 1 is 1.33 bits per heavy atom. The van der Waals surface area contributed by atoms with Crippen LogP contribution >= 0.6 is 0 Å². The molecular formula is C16H22N2. The van der Waals surface area contributed by atoms with Crippen LogP contribution in [0.2, 0.25) is 0 Å². The summed E-state index contributed by atoms with van der Waals surface area (Å²) < 4.78 is 0. The van der Waals surface area contributed by atoms with Gasteiger partial charge in [0.2, 0.25) is 0 Å². The summed E-state index contributed by atoms with van der Waals surface area (Å²) in [7, 11) is 0. The summed E-state index contributed by atoms with van der Waals surface area (Å²) >= 11 is 0. The largest absolute Gasteiger partial charge is 0.365 e. The van der Waals surface area contributed by atoms with Gasteiger partial charge in [-0.3, -0.25) is 0 Å². The van der Waals surface area contributed by atoms with Crippen LogP contribution in [0.5, 0.6) is 0 Å². The molecule has 1 atom stereocenters. The van der Waals surface area contributed by atoms with E-state index >= 15 is 0 Å². The zero-order valence-corrected chi connectivity index (χ0v) is 11.4. The smallest absolute Gasteiger partial charge is 0.0404 e. The van der Waals surface area contributed by atoms with Crippen molar-refractivity contribution in [1.29, 1.82) is 0 Å². The fourth-order valence-corrected chi connectivity index (χ4v) is 2.92. The van der Waals surface area contributed by atoms with Gasteiger partial charge in [-0.2, -0.15) is 0 Å². The van der Waals surface area contributed by atoms with Gasteiger partial charge in [-0.25, -0.2) is 0 Å². The molecule has 0 bridgehead atoms. The second-order valence-corrected chi connectivity index (χ2v) is 5.63. The van der Waals surface area contributed by atoms with Crippen LogP contribution in [0.4, 0.5) is 5.69 Å². The predicted octanol–water partition coefficient (Wildman–Crippen LogP) is 2.75. The molecule has 3 rings (SSSR count). The molecule has 0 amide bonds. The van der Waals surface area contributed by atoms with Gasteiger partial charge in [0.1, 0.15) is 0 Å². The summed E-state index contributed by atoms with van der Waals surface area (Å²) in [5, 5.41) is 3.33. The monoisotopic (exact) mass is 242 g/mol. The fourth-order valence-electron chi connectivity index (χ4n) is 2.92. The minimum Gasteiger partial charge on any atom is -0.365 e. The van der Waals surface area contributed by atoms with E-state index in [1.54, 1.807) is 11.1 Å². The summed E-state index contributed by atoms with van der Waals surface area (Å²) in [6.07, 6.45) is 2.50. The SMILES string of the molecule is CC(CN1c2ccccc2CCC1C)=C1CNC1. The average Bonchev–Trinajstić information content (AvgIpc) is 2.31. The van der Waals surface area contributed by atoms with Crippen LogP contribution in [-0.4, -0.2) is 25.7 Å². The molecule has 2 nitrogen and oxygen atoms in total. The second kappa shape index (κ2) is 4.77. The van der Waals surface area contributed by atoms with Crippen molar-refractivity contribution < 1.29 is 0 Å². The number of nitrogens with zero attached hydrogens (tertiary/aromatic N) is 1. The molecule has 2 heterocycles. The highest BCUT2D eigenvalue weighted by atomic mass is 15.2. The van der Waals surface area contributed by atoms with Crippen molar-refractivity contribution in [3.05, 3.63) is 41.0 Å². The lowest BCUT2D eigenvalue weighted by Gasteiger charge is -2.38. The van der Waals surface area contributed by atoms with Crippen LogP contribution in [0, 0.1) is 0 Å². The third-order valence-electron chi connectivity index (χ3n) is 4.35.